The van der Waals surface area contributed by atoms with Crippen LogP contribution in [0.4, 0.5) is 0 Å². The largest absolute Gasteiger partial charge is 0.456 e. The summed E-state index contributed by atoms with van der Waals surface area (Å²) in [6, 6.07) is 70.9. The molecule has 0 aliphatic carbocycles. The molecule has 4 heterocycles. The van der Waals surface area contributed by atoms with E-state index in [9.17, 15) is 0 Å². The number of nitrogens with zero attached hydrogens (tertiary/aromatic N) is 3. The Hall–Kier alpha value is -7.77. The topological polar surface area (TPSA) is 51.8 Å². The van der Waals surface area contributed by atoms with Crippen LogP contribution >= 0.6 is 22.7 Å². The van der Waals surface area contributed by atoms with Gasteiger partial charge >= 0.3 is 0 Å². The van der Waals surface area contributed by atoms with E-state index in [2.05, 4.69) is 152 Å². The van der Waals surface area contributed by atoms with Crippen LogP contribution in [0.15, 0.2) is 205 Å². The molecule has 4 nitrogen and oxygen atoms in total. The van der Waals surface area contributed by atoms with Crippen LogP contribution in [-0.2, 0) is 0 Å². The van der Waals surface area contributed by atoms with Crippen LogP contribution in [0.2, 0.25) is 0 Å². The van der Waals surface area contributed by atoms with Crippen LogP contribution in [-0.4, -0.2) is 15.0 Å². The van der Waals surface area contributed by atoms with Crippen LogP contribution in [0.5, 0.6) is 0 Å². The number of rotatable bonds is 6. The molecule has 0 saturated heterocycles. The zero-order chi connectivity index (χ0) is 41.4. The molecule has 0 radical (unpaired) electrons. The smallest absolute Gasteiger partial charge is 0.164 e. The van der Waals surface area contributed by atoms with Gasteiger partial charge in [-0.3, -0.25) is 0 Å². The molecule has 0 aliphatic heterocycles. The second-order valence-electron chi connectivity index (χ2n) is 15.9. The van der Waals surface area contributed by atoms with Crippen molar-refractivity contribution in [1.29, 1.82) is 0 Å². The number of hydrogen-bond donors (Lipinski definition) is 0. The van der Waals surface area contributed by atoms with Crippen LogP contribution in [0, 0.1) is 0 Å². The van der Waals surface area contributed by atoms with Crippen molar-refractivity contribution < 1.29 is 4.42 Å². The van der Waals surface area contributed by atoms with Crippen LogP contribution in [0.1, 0.15) is 0 Å². The van der Waals surface area contributed by atoms with Gasteiger partial charge in [0, 0.05) is 67.8 Å². The molecule has 0 atom stereocenters. The Morgan fingerprint density at radius 2 is 0.889 bits per heavy atom. The first-order chi connectivity index (χ1) is 31.2. The number of benzene rings is 9. The summed E-state index contributed by atoms with van der Waals surface area (Å²) < 4.78 is 11.8. The monoisotopic (exact) mass is 839 g/mol. The maximum Gasteiger partial charge on any atom is 0.164 e. The summed E-state index contributed by atoms with van der Waals surface area (Å²) in [6.45, 7) is 0. The van der Waals surface area contributed by atoms with Gasteiger partial charge in [-0.15, -0.1) is 22.7 Å². The SMILES string of the molecule is c1ccc(-c2cccc(-c3nc(-c4ccccc4)nc(-c4cccc5oc6ccc(-c7cc(-c8ccc9c(c8)sc8ccccc89)cc8sc9ccccc9c78)cc6c45)n3)c2)cc1. The fourth-order valence-corrected chi connectivity index (χ4v) is 11.5. The Morgan fingerprint density at radius 3 is 1.73 bits per heavy atom. The second-order valence-corrected chi connectivity index (χ2v) is 18.1. The lowest BCUT2D eigenvalue weighted by molar-refractivity contribution is 0.669. The predicted octanol–water partition coefficient (Wildman–Crippen LogP) is 16.5. The highest BCUT2D eigenvalue weighted by molar-refractivity contribution is 7.26. The number of hydrogen-bond acceptors (Lipinski definition) is 6. The van der Waals surface area contributed by atoms with Crippen molar-refractivity contribution >= 4 is 85.0 Å². The Bertz CT molecular complexity index is 3920. The number of fused-ring (bicyclic) bond motifs is 9. The van der Waals surface area contributed by atoms with E-state index >= 15 is 0 Å². The van der Waals surface area contributed by atoms with Crippen molar-refractivity contribution in [1.82, 2.24) is 15.0 Å². The summed E-state index contributed by atoms with van der Waals surface area (Å²) in [5, 5.41) is 7.13. The minimum Gasteiger partial charge on any atom is -0.456 e. The van der Waals surface area contributed by atoms with Crippen molar-refractivity contribution in [3.05, 3.63) is 200 Å². The van der Waals surface area contributed by atoms with E-state index in [0.717, 1.165) is 55.3 Å². The molecular formula is C57H33N3OS2. The van der Waals surface area contributed by atoms with E-state index in [1.165, 1.54) is 57.0 Å². The lowest BCUT2D eigenvalue weighted by Gasteiger charge is -2.11. The van der Waals surface area contributed by atoms with Gasteiger partial charge in [0.15, 0.2) is 17.5 Å². The highest BCUT2D eigenvalue weighted by Crippen LogP contribution is 2.46. The molecule has 63 heavy (non-hydrogen) atoms. The van der Waals surface area contributed by atoms with Gasteiger partial charge in [0.1, 0.15) is 11.2 Å². The quantitative estimate of drug-likeness (QED) is 0.167. The van der Waals surface area contributed by atoms with Gasteiger partial charge < -0.3 is 4.42 Å². The van der Waals surface area contributed by atoms with Crippen LogP contribution in [0.3, 0.4) is 0 Å². The van der Waals surface area contributed by atoms with Crippen LogP contribution in [0.25, 0.3) is 130 Å². The third-order valence-electron chi connectivity index (χ3n) is 12.1. The summed E-state index contributed by atoms with van der Waals surface area (Å²) in [4.78, 5) is 15.5. The average molecular weight is 840 g/mol. The number of thiophene rings is 2. The first-order valence-electron chi connectivity index (χ1n) is 21.0. The normalized spacial score (nSPS) is 11.8. The maximum absolute atomic E-state index is 6.63. The Balaban J connectivity index is 1.01. The molecule has 6 heteroatoms. The predicted molar refractivity (Wildman–Crippen MR) is 265 cm³/mol. The van der Waals surface area contributed by atoms with Gasteiger partial charge in [-0.05, 0) is 88.0 Å². The second kappa shape index (κ2) is 14.4. The molecule has 0 saturated carbocycles. The molecule has 4 aromatic heterocycles. The molecule has 0 bridgehead atoms. The lowest BCUT2D eigenvalue weighted by Crippen LogP contribution is -2.00. The first-order valence-corrected chi connectivity index (χ1v) is 22.6. The van der Waals surface area contributed by atoms with E-state index < -0.39 is 0 Å². The average Bonchev–Trinajstić information content (AvgIpc) is 4.05. The van der Waals surface area contributed by atoms with Crippen molar-refractivity contribution in [3.8, 4) is 67.5 Å². The minimum atomic E-state index is 0.590. The van der Waals surface area contributed by atoms with Gasteiger partial charge in [-0.1, -0.05) is 146 Å². The summed E-state index contributed by atoms with van der Waals surface area (Å²) in [7, 11) is 0. The third-order valence-corrected chi connectivity index (χ3v) is 14.4. The molecule has 0 unspecified atom stereocenters. The Labute approximate surface area is 370 Å². The van der Waals surface area contributed by atoms with Crippen molar-refractivity contribution in [2.75, 3.05) is 0 Å². The summed E-state index contributed by atoms with van der Waals surface area (Å²) in [5.74, 6) is 1.82. The number of aromatic nitrogens is 3. The molecule has 9 aromatic carbocycles. The molecule has 294 valence electrons. The molecule has 0 N–H and O–H groups in total. The van der Waals surface area contributed by atoms with Gasteiger partial charge in [-0.2, -0.15) is 0 Å². The van der Waals surface area contributed by atoms with Gasteiger partial charge in [0.25, 0.3) is 0 Å². The van der Waals surface area contributed by atoms with Crippen LogP contribution < -0.4 is 0 Å². The van der Waals surface area contributed by atoms with Gasteiger partial charge in [0.2, 0.25) is 0 Å². The molecule has 0 fully saturated rings. The van der Waals surface area contributed by atoms with E-state index in [1.807, 2.05) is 71.2 Å². The highest BCUT2D eigenvalue weighted by atomic mass is 32.1. The lowest BCUT2D eigenvalue weighted by atomic mass is 9.93. The fraction of sp³-hybridized carbons (Fsp3) is 0. The minimum absolute atomic E-state index is 0.590. The van der Waals surface area contributed by atoms with E-state index in [-0.39, 0.29) is 0 Å². The molecule has 13 rings (SSSR count). The standard InChI is InChI=1S/C57H33N3OS2/c1-3-13-34(14-4-1)36-17-11-18-39(29-36)56-58-55(35-15-5-2-6-16-35)59-57(60-56)44-21-12-22-48-53(44)46-30-38(26-28-47(46)61-48)45-31-40(33-52-54(45)43-20-8-10-24-50(43)63-52)37-25-27-42-41-19-7-9-23-49(41)62-51(42)32-37/h1-33H. The highest BCUT2D eigenvalue weighted by Gasteiger charge is 2.21. The molecular weight excluding hydrogens is 807 g/mol. The zero-order valence-electron chi connectivity index (χ0n) is 33.6. The fourth-order valence-electron chi connectivity index (χ4n) is 9.15. The first kappa shape index (κ1) is 35.9. The van der Waals surface area contributed by atoms with Crippen molar-refractivity contribution in [2.24, 2.45) is 0 Å². The number of furan rings is 1. The third kappa shape index (κ3) is 6.06. The van der Waals surface area contributed by atoms with E-state index in [0.29, 0.717) is 17.5 Å². The maximum atomic E-state index is 6.63. The van der Waals surface area contributed by atoms with Gasteiger partial charge in [0.05, 0.1) is 0 Å². The summed E-state index contributed by atoms with van der Waals surface area (Å²) in [6.07, 6.45) is 0. The molecule has 0 amide bonds. The summed E-state index contributed by atoms with van der Waals surface area (Å²) in [5.41, 5.74) is 11.3. The summed E-state index contributed by atoms with van der Waals surface area (Å²) >= 11 is 3.71. The van der Waals surface area contributed by atoms with Crippen molar-refractivity contribution in [2.45, 2.75) is 0 Å². The van der Waals surface area contributed by atoms with E-state index in [1.54, 1.807) is 0 Å². The van der Waals surface area contributed by atoms with E-state index in [4.69, 9.17) is 19.4 Å². The molecule has 0 aliphatic rings. The zero-order valence-corrected chi connectivity index (χ0v) is 35.3. The Morgan fingerprint density at radius 1 is 0.286 bits per heavy atom. The van der Waals surface area contributed by atoms with Crippen molar-refractivity contribution in [3.63, 3.8) is 0 Å². The Kier molecular flexibility index (Phi) is 8.22. The van der Waals surface area contributed by atoms with Gasteiger partial charge in [-0.25, -0.2) is 15.0 Å². The molecule has 13 aromatic rings. The molecule has 0 spiro atoms.